The summed E-state index contributed by atoms with van der Waals surface area (Å²) in [5.41, 5.74) is 5.76. The Balaban J connectivity index is 2.21. The van der Waals surface area contributed by atoms with E-state index in [1.165, 1.54) is 0 Å². The minimum absolute atomic E-state index is 0.106. The molecule has 1 saturated heterocycles. The second-order valence-electron chi connectivity index (χ2n) is 3.02. The average molecular weight is 213 g/mol. The molecule has 1 fully saturated rings. The van der Waals surface area contributed by atoms with Crippen molar-refractivity contribution < 1.29 is 14.6 Å². The molecule has 8 nitrogen and oxygen atoms in total. The van der Waals surface area contributed by atoms with Crippen molar-refractivity contribution in [1.82, 2.24) is 15.2 Å². The van der Waals surface area contributed by atoms with E-state index in [2.05, 4.69) is 20.1 Å². The molecule has 82 valence electrons. The highest BCUT2D eigenvalue weighted by molar-refractivity contribution is 6.00. The van der Waals surface area contributed by atoms with Crippen molar-refractivity contribution in [3.8, 4) is 0 Å². The Kier molecular flexibility index (Phi) is 2.68. The van der Waals surface area contributed by atoms with Gasteiger partial charge in [-0.1, -0.05) is 5.16 Å². The molecule has 15 heavy (non-hydrogen) atoms. The maximum Gasteiger partial charge on any atom is 0.201 e. The number of hydrogen-bond donors (Lipinski definition) is 2. The summed E-state index contributed by atoms with van der Waals surface area (Å²) in [7, 11) is 0. The third-order valence-electron chi connectivity index (χ3n) is 2.13. The zero-order valence-electron chi connectivity index (χ0n) is 7.96. The summed E-state index contributed by atoms with van der Waals surface area (Å²) in [6.45, 7) is 2.38. The Hall–Kier alpha value is -1.83. The predicted molar refractivity (Wildman–Crippen MR) is 49.4 cm³/mol. The molecule has 0 aromatic carbocycles. The number of anilines is 1. The van der Waals surface area contributed by atoms with Crippen molar-refractivity contribution >= 4 is 11.7 Å². The first-order valence-corrected chi connectivity index (χ1v) is 4.46. The summed E-state index contributed by atoms with van der Waals surface area (Å²) in [6, 6.07) is 0. The van der Waals surface area contributed by atoms with Gasteiger partial charge in [0.1, 0.15) is 0 Å². The Bertz CT molecular complexity index is 357. The summed E-state index contributed by atoms with van der Waals surface area (Å²) in [5.74, 6) is 0.367. The van der Waals surface area contributed by atoms with E-state index in [0.29, 0.717) is 26.3 Å². The molecular weight excluding hydrogens is 202 g/mol. The van der Waals surface area contributed by atoms with Gasteiger partial charge in [-0.3, -0.25) is 0 Å². The van der Waals surface area contributed by atoms with Crippen LogP contribution in [0, 0.1) is 0 Å². The van der Waals surface area contributed by atoms with Crippen LogP contribution in [0.15, 0.2) is 9.78 Å². The molecule has 0 saturated carbocycles. The Labute approximate surface area is 85.2 Å². The molecule has 3 N–H and O–H groups in total. The fourth-order valence-electron chi connectivity index (χ4n) is 1.39. The lowest BCUT2D eigenvalue weighted by molar-refractivity contribution is 0.0666. The number of hydrogen-bond acceptors (Lipinski definition) is 7. The van der Waals surface area contributed by atoms with Crippen LogP contribution in [0.1, 0.15) is 5.69 Å². The summed E-state index contributed by atoms with van der Waals surface area (Å²) >= 11 is 0. The number of morpholine rings is 1. The van der Waals surface area contributed by atoms with E-state index in [-0.39, 0.29) is 17.3 Å². The van der Waals surface area contributed by atoms with Crippen molar-refractivity contribution in [2.45, 2.75) is 0 Å². The van der Waals surface area contributed by atoms with Crippen LogP contribution < -0.4 is 5.73 Å². The quantitative estimate of drug-likeness (QED) is 0.270. The second-order valence-corrected chi connectivity index (χ2v) is 3.02. The highest BCUT2D eigenvalue weighted by Gasteiger charge is 2.23. The van der Waals surface area contributed by atoms with E-state index in [0.717, 1.165) is 0 Å². The molecule has 0 unspecified atom stereocenters. The molecule has 8 heteroatoms. The lowest BCUT2D eigenvalue weighted by Gasteiger charge is -2.27. The molecule has 1 aliphatic rings. The molecule has 0 radical (unpaired) electrons. The zero-order chi connectivity index (χ0) is 10.7. The average Bonchev–Trinajstić information content (AvgIpc) is 2.68. The standard InChI is InChI=1S/C7H11N5O3/c8-6-5(10-15-11-6)7(9-13)12-1-3-14-4-2-12/h13H,1-4H2,(H2,8,11)/b9-7+. The fourth-order valence-corrected chi connectivity index (χ4v) is 1.39. The van der Waals surface area contributed by atoms with Gasteiger partial charge in [-0.05, 0) is 10.3 Å². The van der Waals surface area contributed by atoms with Crippen molar-refractivity contribution in [2.75, 3.05) is 32.0 Å². The van der Waals surface area contributed by atoms with Gasteiger partial charge in [-0.15, -0.1) is 0 Å². The van der Waals surface area contributed by atoms with Crippen LogP contribution in [0.3, 0.4) is 0 Å². The zero-order valence-corrected chi connectivity index (χ0v) is 7.96. The number of ether oxygens (including phenoxy) is 1. The number of oxime groups is 1. The first kappa shape index (κ1) is 9.71. The fraction of sp³-hybridized carbons (Fsp3) is 0.571. The number of rotatable bonds is 1. The monoisotopic (exact) mass is 213 g/mol. The Morgan fingerprint density at radius 1 is 1.40 bits per heavy atom. The topological polar surface area (TPSA) is 110 Å². The van der Waals surface area contributed by atoms with Crippen LogP contribution in [0.2, 0.25) is 0 Å². The first-order valence-electron chi connectivity index (χ1n) is 4.46. The maximum atomic E-state index is 8.92. The van der Waals surface area contributed by atoms with Gasteiger partial charge < -0.3 is 20.6 Å². The van der Waals surface area contributed by atoms with Gasteiger partial charge in [0.05, 0.1) is 13.2 Å². The van der Waals surface area contributed by atoms with Gasteiger partial charge in [0.2, 0.25) is 5.84 Å². The summed E-state index contributed by atoms with van der Waals surface area (Å²) in [6.07, 6.45) is 0. The highest BCUT2D eigenvalue weighted by Crippen LogP contribution is 2.11. The van der Waals surface area contributed by atoms with E-state index in [4.69, 9.17) is 15.7 Å². The minimum atomic E-state index is 0.106. The summed E-state index contributed by atoms with van der Waals surface area (Å²) < 4.78 is 9.62. The minimum Gasteiger partial charge on any atom is -0.409 e. The first-order chi connectivity index (χ1) is 7.33. The molecule has 2 rings (SSSR count). The molecule has 2 heterocycles. The predicted octanol–water partition coefficient (Wildman–Crippen LogP) is -0.880. The Morgan fingerprint density at radius 3 is 2.67 bits per heavy atom. The molecule has 1 aromatic rings. The lowest BCUT2D eigenvalue weighted by atomic mass is 10.3. The Morgan fingerprint density at radius 2 is 2.13 bits per heavy atom. The van der Waals surface area contributed by atoms with E-state index in [1.807, 2.05) is 0 Å². The van der Waals surface area contributed by atoms with Gasteiger partial charge in [0, 0.05) is 13.1 Å². The smallest absolute Gasteiger partial charge is 0.201 e. The lowest BCUT2D eigenvalue weighted by Crippen LogP contribution is -2.41. The third-order valence-corrected chi connectivity index (χ3v) is 2.13. The third kappa shape index (κ3) is 1.84. The van der Waals surface area contributed by atoms with Gasteiger partial charge >= 0.3 is 0 Å². The SMILES string of the molecule is Nc1nonc1/C(=N\O)N1CCOCC1. The number of nitrogens with two attached hydrogens (primary N) is 1. The molecule has 0 amide bonds. The number of nitrogens with zero attached hydrogens (tertiary/aromatic N) is 4. The molecule has 0 spiro atoms. The number of amidine groups is 1. The van der Waals surface area contributed by atoms with Crippen LogP contribution in [-0.2, 0) is 4.74 Å². The van der Waals surface area contributed by atoms with Crippen molar-refractivity contribution in [3.63, 3.8) is 0 Å². The van der Waals surface area contributed by atoms with Gasteiger partial charge in [0.15, 0.2) is 11.5 Å². The number of nitrogen functional groups attached to an aromatic ring is 1. The molecule has 0 aliphatic carbocycles. The van der Waals surface area contributed by atoms with Crippen LogP contribution in [0.5, 0.6) is 0 Å². The summed E-state index contributed by atoms with van der Waals surface area (Å²) in [5, 5.41) is 19.1. The highest BCUT2D eigenvalue weighted by atomic mass is 16.6. The molecule has 0 bridgehead atoms. The van der Waals surface area contributed by atoms with E-state index >= 15 is 0 Å². The van der Waals surface area contributed by atoms with Crippen molar-refractivity contribution in [1.29, 1.82) is 0 Å². The second kappa shape index (κ2) is 4.13. The largest absolute Gasteiger partial charge is 0.409 e. The van der Waals surface area contributed by atoms with E-state index < -0.39 is 0 Å². The normalized spacial score (nSPS) is 18.1. The summed E-state index contributed by atoms with van der Waals surface area (Å²) in [4.78, 5) is 1.80. The van der Waals surface area contributed by atoms with Crippen molar-refractivity contribution in [2.24, 2.45) is 5.16 Å². The van der Waals surface area contributed by atoms with Gasteiger partial charge in [-0.2, -0.15) is 0 Å². The van der Waals surface area contributed by atoms with Gasteiger partial charge in [0.25, 0.3) is 0 Å². The van der Waals surface area contributed by atoms with Crippen LogP contribution >= 0.6 is 0 Å². The molecule has 1 aliphatic heterocycles. The molecule has 1 aromatic heterocycles. The maximum absolute atomic E-state index is 8.92. The van der Waals surface area contributed by atoms with Crippen LogP contribution in [0.25, 0.3) is 0 Å². The van der Waals surface area contributed by atoms with Crippen LogP contribution in [0.4, 0.5) is 5.82 Å². The van der Waals surface area contributed by atoms with Crippen molar-refractivity contribution in [3.05, 3.63) is 5.69 Å². The molecule has 0 atom stereocenters. The van der Waals surface area contributed by atoms with Gasteiger partial charge in [-0.25, -0.2) is 4.63 Å². The van der Waals surface area contributed by atoms with Crippen LogP contribution in [-0.4, -0.2) is 52.6 Å². The number of aromatic nitrogens is 2. The van der Waals surface area contributed by atoms with E-state index in [1.54, 1.807) is 4.90 Å². The van der Waals surface area contributed by atoms with E-state index in [9.17, 15) is 0 Å². The molecular formula is C7H11N5O3.